The van der Waals surface area contributed by atoms with E-state index in [0.717, 1.165) is 36.5 Å². The minimum Gasteiger partial charge on any atom is -0.317 e. The summed E-state index contributed by atoms with van der Waals surface area (Å²) in [6, 6.07) is 4.89. The Balaban J connectivity index is 2.16. The Hall–Kier alpha value is -1.39. The summed E-state index contributed by atoms with van der Waals surface area (Å²) in [6.45, 7) is 8.65. The van der Waals surface area contributed by atoms with Gasteiger partial charge >= 0.3 is 0 Å². The maximum atomic E-state index is 13.5. The molecule has 0 amide bonds. The van der Waals surface area contributed by atoms with E-state index >= 15 is 0 Å². The van der Waals surface area contributed by atoms with Gasteiger partial charge in [0.15, 0.2) is 0 Å². The second-order valence-corrected chi connectivity index (χ2v) is 5.57. The zero-order chi connectivity index (χ0) is 15.4. The molecule has 0 spiro atoms. The van der Waals surface area contributed by atoms with Crippen molar-refractivity contribution in [3.8, 4) is 0 Å². The number of nitrogens with one attached hydrogen (secondary N) is 1. The largest absolute Gasteiger partial charge is 0.317 e. The van der Waals surface area contributed by atoms with Crippen molar-refractivity contribution in [3.05, 3.63) is 51.6 Å². The maximum Gasteiger partial charge on any atom is 0.142 e. The van der Waals surface area contributed by atoms with E-state index in [9.17, 15) is 4.39 Å². The summed E-state index contributed by atoms with van der Waals surface area (Å²) in [5.74, 6) is -0.386. The highest BCUT2D eigenvalue weighted by atomic mass is 35.5. The third-order valence-electron chi connectivity index (χ3n) is 3.65. The second-order valence-electron chi connectivity index (χ2n) is 5.16. The normalized spacial score (nSPS) is 11.1. The molecule has 1 heterocycles. The number of rotatable bonds is 6. The van der Waals surface area contributed by atoms with Gasteiger partial charge in [0.2, 0.25) is 0 Å². The Bertz CT molecular complexity index is 622. The molecular formula is C16H21ClFN3. The van der Waals surface area contributed by atoms with E-state index < -0.39 is 0 Å². The summed E-state index contributed by atoms with van der Waals surface area (Å²) >= 11 is 5.71. The number of benzene rings is 1. The molecule has 0 aliphatic rings. The van der Waals surface area contributed by atoms with Crippen molar-refractivity contribution in [2.24, 2.45) is 0 Å². The van der Waals surface area contributed by atoms with Gasteiger partial charge in [-0.3, -0.25) is 4.68 Å². The predicted molar refractivity (Wildman–Crippen MR) is 84.5 cm³/mol. The van der Waals surface area contributed by atoms with Gasteiger partial charge in [0.25, 0.3) is 0 Å². The van der Waals surface area contributed by atoms with Crippen molar-refractivity contribution >= 4 is 11.6 Å². The standard InChI is InChI=1S/C16H21ClFN3/c1-4-19-8-7-14-11(2)20-21(12(14)3)10-13-5-6-15(17)16(18)9-13/h5-6,9,19H,4,7-8,10H2,1-3H3. The number of hydrogen-bond acceptors (Lipinski definition) is 2. The second kappa shape index (κ2) is 7.05. The average Bonchev–Trinajstić information content (AvgIpc) is 2.70. The van der Waals surface area contributed by atoms with Crippen LogP contribution < -0.4 is 5.32 Å². The molecule has 2 rings (SSSR count). The van der Waals surface area contributed by atoms with E-state index in [1.54, 1.807) is 6.07 Å². The average molecular weight is 310 g/mol. The third-order valence-corrected chi connectivity index (χ3v) is 3.96. The van der Waals surface area contributed by atoms with Gasteiger partial charge in [0.1, 0.15) is 5.82 Å². The smallest absolute Gasteiger partial charge is 0.142 e. The molecule has 114 valence electrons. The van der Waals surface area contributed by atoms with E-state index in [1.165, 1.54) is 11.6 Å². The molecule has 1 aromatic heterocycles. The zero-order valence-corrected chi connectivity index (χ0v) is 13.5. The fourth-order valence-corrected chi connectivity index (χ4v) is 2.57. The summed E-state index contributed by atoms with van der Waals surface area (Å²) in [6.07, 6.45) is 0.959. The third kappa shape index (κ3) is 3.83. The van der Waals surface area contributed by atoms with E-state index in [2.05, 4.69) is 24.3 Å². The molecular weight excluding hydrogens is 289 g/mol. The molecule has 0 bridgehead atoms. The van der Waals surface area contributed by atoms with Crippen LogP contribution in [0.4, 0.5) is 4.39 Å². The van der Waals surface area contributed by atoms with Crippen LogP contribution in [0.5, 0.6) is 0 Å². The summed E-state index contributed by atoms with van der Waals surface area (Å²) in [4.78, 5) is 0. The molecule has 0 aliphatic heterocycles. The number of likely N-dealkylation sites (N-methyl/N-ethyl adjacent to an activating group) is 1. The molecule has 0 unspecified atom stereocenters. The highest BCUT2D eigenvalue weighted by molar-refractivity contribution is 6.30. The van der Waals surface area contributed by atoms with Crippen LogP contribution in [0.2, 0.25) is 5.02 Å². The quantitative estimate of drug-likeness (QED) is 0.828. The fraction of sp³-hybridized carbons (Fsp3) is 0.438. The monoisotopic (exact) mass is 309 g/mol. The van der Waals surface area contributed by atoms with Crippen LogP contribution in [-0.4, -0.2) is 22.9 Å². The van der Waals surface area contributed by atoms with Gasteiger partial charge in [0.05, 0.1) is 17.3 Å². The Morgan fingerprint density at radius 1 is 1.33 bits per heavy atom. The minimum absolute atomic E-state index is 0.151. The summed E-state index contributed by atoms with van der Waals surface area (Å²) in [5.41, 5.74) is 4.31. The van der Waals surface area contributed by atoms with Crippen molar-refractivity contribution < 1.29 is 4.39 Å². The molecule has 3 nitrogen and oxygen atoms in total. The van der Waals surface area contributed by atoms with Gasteiger partial charge in [-0.15, -0.1) is 0 Å². The molecule has 0 atom stereocenters. The Kier molecular flexibility index (Phi) is 5.37. The van der Waals surface area contributed by atoms with Crippen LogP contribution in [0.25, 0.3) is 0 Å². The molecule has 0 saturated carbocycles. The molecule has 0 fully saturated rings. The molecule has 1 N–H and O–H groups in total. The summed E-state index contributed by atoms with van der Waals surface area (Å²) in [5, 5.41) is 8.04. The fourth-order valence-electron chi connectivity index (χ4n) is 2.45. The number of hydrogen-bond donors (Lipinski definition) is 1. The number of aromatic nitrogens is 2. The van der Waals surface area contributed by atoms with Crippen LogP contribution in [0.15, 0.2) is 18.2 Å². The first kappa shape index (κ1) is 16.0. The van der Waals surface area contributed by atoms with Gasteiger partial charge < -0.3 is 5.32 Å². The zero-order valence-electron chi connectivity index (χ0n) is 12.7. The first-order valence-electron chi connectivity index (χ1n) is 7.20. The van der Waals surface area contributed by atoms with E-state index in [0.29, 0.717) is 6.54 Å². The molecule has 5 heteroatoms. The van der Waals surface area contributed by atoms with Crippen LogP contribution in [0.3, 0.4) is 0 Å². The minimum atomic E-state index is -0.386. The highest BCUT2D eigenvalue weighted by Gasteiger charge is 2.12. The number of nitrogens with zero attached hydrogens (tertiary/aromatic N) is 2. The van der Waals surface area contributed by atoms with Crippen LogP contribution in [-0.2, 0) is 13.0 Å². The predicted octanol–water partition coefficient (Wildman–Crippen LogP) is 3.49. The van der Waals surface area contributed by atoms with Crippen LogP contribution in [0.1, 0.15) is 29.4 Å². The molecule has 1 aromatic carbocycles. The van der Waals surface area contributed by atoms with Crippen molar-refractivity contribution in [2.75, 3.05) is 13.1 Å². The molecule has 0 radical (unpaired) electrons. The van der Waals surface area contributed by atoms with Gasteiger partial charge in [-0.25, -0.2) is 4.39 Å². The van der Waals surface area contributed by atoms with Gasteiger partial charge in [-0.1, -0.05) is 24.6 Å². The molecule has 0 saturated heterocycles. The molecule has 2 aromatic rings. The van der Waals surface area contributed by atoms with Crippen molar-refractivity contribution in [1.29, 1.82) is 0 Å². The lowest BCUT2D eigenvalue weighted by Crippen LogP contribution is -2.16. The topological polar surface area (TPSA) is 29.9 Å². The number of aryl methyl sites for hydroxylation is 1. The van der Waals surface area contributed by atoms with Gasteiger partial charge in [-0.05, 0) is 56.6 Å². The first-order chi connectivity index (χ1) is 10.0. The lowest BCUT2D eigenvalue weighted by atomic mass is 10.1. The van der Waals surface area contributed by atoms with Crippen molar-refractivity contribution in [3.63, 3.8) is 0 Å². The summed E-state index contributed by atoms with van der Waals surface area (Å²) < 4.78 is 15.4. The van der Waals surface area contributed by atoms with Crippen LogP contribution in [0, 0.1) is 19.7 Å². The van der Waals surface area contributed by atoms with E-state index in [1.807, 2.05) is 17.7 Å². The maximum absolute atomic E-state index is 13.5. The molecule has 21 heavy (non-hydrogen) atoms. The summed E-state index contributed by atoms with van der Waals surface area (Å²) in [7, 11) is 0. The SMILES string of the molecule is CCNCCc1c(C)nn(Cc2ccc(Cl)c(F)c2)c1C. The Morgan fingerprint density at radius 2 is 2.10 bits per heavy atom. The lowest BCUT2D eigenvalue weighted by Gasteiger charge is -2.07. The molecule has 0 aliphatic carbocycles. The van der Waals surface area contributed by atoms with Gasteiger partial charge in [-0.2, -0.15) is 5.10 Å². The highest BCUT2D eigenvalue weighted by Crippen LogP contribution is 2.18. The van der Waals surface area contributed by atoms with Crippen molar-refractivity contribution in [2.45, 2.75) is 33.7 Å². The van der Waals surface area contributed by atoms with E-state index in [4.69, 9.17) is 11.6 Å². The lowest BCUT2D eigenvalue weighted by molar-refractivity contribution is 0.616. The van der Waals surface area contributed by atoms with E-state index in [-0.39, 0.29) is 10.8 Å². The Morgan fingerprint density at radius 3 is 2.76 bits per heavy atom. The van der Waals surface area contributed by atoms with Gasteiger partial charge in [0, 0.05) is 5.69 Å². The van der Waals surface area contributed by atoms with Crippen molar-refractivity contribution in [1.82, 2.24) is 15.1 Å². The first-order valence-corrected chi connectivity index (χ1v) is 7.58. The van der Waals surface area contributed by atoms with Crippen LogP contribution >= 0.6 is 11.6 Å². The Labute approximate surface area is 130 Å². The number of halogens is 2.